The molecule has 0 heterocycles. The Morgan fingerprint density at radius 1 is 1.15 bits per heavy atom. The monoisotopic (exact) mass is 349 g/mol. The summed E-state index contributed by atoms with van der Waals surface area (Å²) in [5, 5.41) is 4.40. The van der Waals surface area contributed by atoms with Crippen molar-refractivity contribution in [1.29, 1.82) is 0 Å². The topological polar surface area (TPSA) is 12.0 Å². The van der Waals surface area contributed by atoms with Crippen LogP contribution in [0.25, 0.3) is 0 Å². The van der Waals surface area contributed by atoms with Crippen molar-refractivity contribution in [1.82, 2.24) is 0 Å². The van der Waals surface area contributed by atoms with Gasteiger partial charge in [-0.3, -0.25) is 0 Å². The summed E-state index contributed by atoms with van der Waals surface area (Å²) in [4.78, 5) is 0. The van der Waals surface area contributed by atoms with Crippen molar-refractivity contribution in [3.05, 3.63) is 63.1 Å². The number of hydrogen-bond acceptors (Lipinski definition) is 1. The Morgan fingerprint density at radius 3 is 2.70 bits per heavy atom. The molecule has 0 fully saturated rings. The van der Waals surface area contributed by atoms with Crippen LogP contribution < -0.4 is 5.32 Å². The maximum atomic E-state index is 6.18. The second-order valence-corrected chi connectivity index (χ2v) is 7.24. The SMILES string of the molecule is CC1(C)Cc2ccccc2C1Nc1cccc(Cl)c1Br. The highest BCUT2D eigenvalue weighted by Gasteiger charge is 2.38. The van der Waals surface area contributed by atoms with E-state index in [0.29, 0.717) is 6.04 Å². The maximum absolute atomic E-state index is 6.18. The van der Waals surface area contributed by atoms with E-state index in [1.165, 1.54) is 11.1 Å². The number of nitrogens with one attached hydrogen (secondary N) is 1. The third kappa shape index (κ3) is 2.36. The summed E-state index contributed by atoms with van der Waals surface area (Å²) in [6.07, 6.45) is 1.10. The van der Waals surface area contributed by atoms with E-state index in [-0.39, 0.29) is 5.41 Å². The fraction of sp³-hybridized carbons (Fsp3) is 0.294. The average molecular weight is 351 g/mol. The molecule has 0 bridgehead atoms. The molecule has 2 aromatic carbocycles. The summed E-state index contributed by atoms with van der Waals surface area (Å²) in [5.41, 5.74) is 4.07. The second-order valence-electron chi connectivity index (χ2n) is 6.04. The van der Waals surface area contributed by atoms with Gasteiger partial charge in [0.25, 0.3) is 0 Å². The molecule has 1 aliphatic rings. The van der Waals surface area contributed by atoms with Gasteiger partial charge in [0.15, 0.2) is 0 Å². The van der Waals surface area contributed by atoms with Gasteiger partial charge in [0.05, 0.1) is 21.2 Å². The Kier molecular flexibility index (Phi) is 3.55. The van der Waals surface area contributed by atoms with Crippen molar-refractivity contribution in [2.45, 2.75) is 26.3 Å². The van der Waals surface area contributed by atoms with Gasteiger partial charge in [0, 0.05) is 0 Å². The molecule has 0 spiro atoms. The van der Waals surface area contributed by atoms with E-state index in [0.717, 1.165) is 21.6 Å². The summed E-state index contributed by atoms with van der Waals surface area (Å²) in [7, 11) is 0. The molecule has 3 rings (SSSR count). The summed E-state index contributed by atoms with van der Waals surface area (Å²) in [6.45, 7) is 4.62. The first kappa shape index (κ1) is 14.0. The molecule has 0 aromatic heterocycles. The number of anilines is 1. The summed E-state index contributed by atoms with van der Waals surface area (Å²) in [6, 6.07) is 14.9. The van der Waals surface area contributed by atoms with Crippen LogP contribution in [0.2, 0.25) is 5.02 Å². The van der Waals surface area contributed by atoms with Crippen LogP contribution in [0, 0.1) is 5.41 Å². The van der Waals surface area contributed by atoms with Crippen molar-refractivity contribution in [3.8, 4) is 0 Å². The van der Waals surface area contributed by atoms with Crippen molar-refractivity contribution >= 4 is 33.2 Å². The van der Waals surface area contributed by atoms with Crippen LogP contribution in [0.1, 0.15) is 31.0 Å². The smallest absolute Gasteiger partial charge is 0.0593 e. The number of benzene rings is 2. The molecular formula is C17H17BrClN. The lowest BCUT2D eigenvalue weighted by Gasteiger charge is -2.30. The lowest BCUT2D eigenvalue weighted by atomic mass is 9.85. The molecule has 1 nitrogen and oxygen atoms in total. The number of fused-ring (bicyclic) bond motifs is 1. The number of hydrogen-bond donors (Lipinski definition) is 1. The average Bonchev–Trinajstić information content (AvgIpc) is 2.66. The van der Waals surface area contributed by atoms with Gasteiger partial charge in [-0.05, 0) is 51.0 Å². The highest BCUT2D eigenvalue weighted by Crippen LogP contribution is 2.47. The van der Waals surface area contributed by atoms with Gasteiger partial charge in [-0.1, -0.05) is 55.8 Å². The van der Waals surface area contributed by atoms with E-state index in [4.69, 9.17) is 11.6 Å². The Hall–Kier alpha value is -0.990. The molecule has 3 heteroatoms. The van der Waals surface area contributed by atoms with Crippen molar-refractivity contribution < 1.29 is 0 Å². The Morgan fingerprint density at radius 2 is 1.90 bits per heavy atom. The number of rotatable bonds is 2. The van der Waals surface area contributed by atoms with Crippen LogP contribution in [0.3, 0.4) is 0 Å². The summed E-state index contributed by atoms with van der Waals surface area (Å²) in [5.74, 6) is 0. The summed E-state index contributed by atoms with van der Waals surface area (Å²) >= 11 is 9.75. The molecule has 1 atom stereocenters. The maximum Gasteiger partial charge on any atom is 0.0593 e. The standard InChI is InChI=1S/C17H17BrClN/c1-17(2)10-11-6-3-4-7-12(11)16(17)20-14-9-5-8-13(19)15(14)18/h3-9,16,20H,10H2,1-2H3. The largest absolute Gasteiger partial charge is 0.377 e. The zero-order valence-corrected chi connectivity index (χ0v) is 13.9. The fourth-order valence-electron chi connectivity index (χ4n) is 3.03. The Balaban J connectivity index is 1.99. The molecule has 0 aliphatic heterocycles. The van der Waals surface area contributed by atoms with Gasteiger partial charge in [0.2, 0.25) is 0 Å². The van der Waals surface area contributed by atoms with Crippen LogP contribution in [-0.2, 0) is 6.42 Å². The lowest BCUT2D eigenvalue weighted by Crippen LogP contribution is -2.24. The first-order valence-electron chi connectivity index (χ1n) is 6.77. The Bertz CT molecular complexity index is 651. The van der Waals surface area contributed by atoms with E-state index in [2.05, 4.69) is 65.4 Å². The van der Waals surface area contributed by atoms with E-state index < -0.39 is 0 Å². The predicted octanol–water partition coefficient (Wildman–Crippen LogP) is 5.84. The van der Waals surface area contributed by atoms with Crippen molar-refractivity contribution in [2.75, 3.05) is 5.32 Å². The van der Waals surface area contributed by atoms with Gasteiger partial charge in [-0.15, -0.1) is 0 Å². The quantitative estimate of drug-likeness (QED) is 0.717. The Labute approximate surface area is 133 Å². The van der Waals surface area contributed by atoms with Crippen LogP contribution in [0.15, 0.2) is 46.9 Å². The van der Waals surface area contributed by atoms with E-state index >= 15 is 0 Å². The molecule has 20 heavy (non-hydrogen) atoms. The van der Waals surface area contributed by atoms with E-state index in [9.17, 15) is 0 Å². The third-order valence-corrected chi connectivity index (χ3v) is 5.44. The summed E-state index contributed by atoms with van der Waals surface area (Å²) < 4.78 is 0.932. The minimum absolute atomic E-state index is 0.186. The minimum atomic E-state index is 0.186. The molecule has 1 aliphatic carbocycles. The first-order valence-corrected chi connectivity index (χ1v) is 7.94. The van der Waals surface area contributed by atoms with Crippen LogP contribution in [0.4, 0.5) is 5.69 Å². The third-order valence-electron chi connectivity index (χ3n) is 4.05. The van der Waals surface area contributed by atoms with Crippen LogP contribution in [-0.4, -0.2) is 0 Å². The molecule has 104 valence electrons. The van der Waals surface area contributed by atoms with Gasteiger partial charge >= 0.3 is 0 Å². The molecular weight excluding hydrogens is 334 g/mol. The normalized spacial score (nSPS) is 19.7. The molecule has 0 saturated carbocycles. The van der Waals surface area contributed by atoms with Gasteiger partial charge in [0.1, 0.15) is 0 Å². The fourth-order valence-corrected chi connectivity index (χ4v) is 3.59. The van der Waals surface area contributed by atoms with Gasteiger partial charge in [-0.2, -0.15) is 0 Å². The van der Waals surface area contributed by atoms with Gasteiger partial charge in [-0.25, -0.2) is 0 Å². The van der Waals surface area contributed by atoms with E-state index in [1.807, 2.05) is 12.1 Å². The van der Waals surface area contributed by atoms with E-state index in [1.54, 1.807) is 0 Å². The molecule has 0 amide bonds. The van der Waals surface area contributed by atoms with Crippen molar-refractivity contribution in [2.24, 2.45) is 5.41 Å². The van der Waals surface area contributed by atoms with Gasteiger partial charge < -0.3 is 5.32 Å². The zero-order valence-electron chi connectivity index (χ0n) is 11.6. The highest BCUT2D eigenvalue weighted by molar-refractivity contribution is 9.10. The van der Waals surface area contributed by atoms with Crippen molar-refractivity contribution in [3.63, 3.8) is 0 Å². The predicted molar refractivity (Wildman–Crippen MR) is 89.4 cm³/mol. The number of halogens is 2. The highest BCUT2D eigenvalue weighted by atomic mass is 79.9. The molecule has 0 saturated heterocycles. The molecule has 0 radical (unpaired) electrons. The molecule has 1 unspecified atom stereocenters. The first-order chi connectivity index (χ1) is 9.49. The lowest BCUT2D eigenvalue weighted by molar-refractivity contribution is 0.337. The van der Waals surface area contributed by atoms with Crippen LogP contribution in [0.5, 0.6) is 0 Å². The molecule has 2 aromatic rings. The minimum Gasteiger partial charge on any atom is -0.377 e. The zero-order chi connectivity index (χ0) is 14.3. The van der Waals surface area contributed by atoms with Crippen LogP contribution >= 0.6 is 27.5 Å². The molecule has 1 N–H and O–H groups in total. The second kappa shape index (κ2) is 5.09.